The van der Waals surface area contributed by atoms with Gasteiger partial charge in [0.1, 0.15) is 18.1 Å². The normalized spacial score (nSPS) is 12.4. The summed E-state index contributed by atoms with van der Waals surface area (Å²) in [6.07, 6.45) is 4.19. The number of ketones is 1. The first kappa shape index (κ1) is 8.64. The summed E-state index contributed by atoms with van der Waals surface area (Å²) in [6.45, 7) is 1.46. The maximum atomic E-state index is 10.7. The van der Waals surface area contributed by atoms with Crippen LogP contribution in [0.5, 0.6) is 0 Å². The molecule has 1 rings (SSSR count). The summed E-state index contributed by atoms with van der Waals surface area (Å²) in [5, 5.41) is 3.87. The smallest absolute Gasteiger partial charge is 0.145 e. The zero-order chi connectivity index (χ0) is 8.97. The molecule has 0 aliphatic heterocycles. The maximum Gasteiger partial charge on any atom is 0.145 e. The van der Waals surface area contributed by atoms with Gasteiger partial charge in [-0.15, -0.1) is 0 Å². The van der Waals surface area contributed by atoms with E-state index >= 15 is 0 Å². The minimum atomic E-state index is -0.447. The molecule has 1 atom stereocenters. The Labute approximate surface area is 70.2 Å². The third-order valence-corrected chi connectivity index (χ3v) is 1.52. The largest absolute Gasteiger partial charge is 0.301 e. The van der Waals surface area contributed by atoms with Crippen molar-refractivity contribution in [3.05, 3.63) is 18.5 Å². The zero-order valence-electron chi connectivity index (χ0n) is 6.80. The van der Waals surface area contributed by atoms with Gasteiger partial charge < -0.3 is 4.79 Å². The van der Waals surface area contributed by atoms with E-state index in [1.54, 1.807) is 18.5 Å². The summed E-state index contributed by atoms with van der Waals surface area (Å²) < 4.78 is 1.48. The molecule has 1 unspecified atom stereocenters. The second-order valence-electron chi connectivity index (χ2n) is 2.60. The Balaban J connectivity index is 2.69. The SMILES string of the molecule is CC(=O)CC(C=O)n1cccn1. The number of carbonyl (C=O) groups is 2. The van der Waals surface area contributed by atoms with E-state index in [4.69, 9.17) is 0 Å². The van der Waals surface area contributed by atoms with Crippen LogP contribution in [0, 0.1) is 0 Å². The van der Waals surface area contributed by atoms with Gasteiger partial charge in [-0.3, -0.25) is 9.48 Å². The highest BCUT2D eigenvalue weighted by atomic mass is 16.1. The third-order valence-electron chi connectivity index (χ3n) is 1.52. The molecule has 64 valence electrons. The molecule has 0 spiro atoms. The van der Waals surface area contributed by atoms with E-state index in [0.717, 1.165) is 6.29 Å². The van der Waals surface area contributed by atoms with Crippen LogP contribution in [0.2, 0.25) is 0 Å². The molecular formula is C8H10N2O2. The van der Waals surface area contributed by atoms with E-state index in [-0.39, 0.29) is 12.2 Å². The van der Waals surface area contributed by atoms with Gasteiger partial charge in [0.25, 0.3) is 0 Å². The Morgan fingerprint density at radius 2 is 2.50 bits per heavy atom. The second-order valence-corrected chi connectivity index (χ2v) is 2.60. The first-order chi connectivity index (χ1) is 5.74. The van der Waals surface area contributed by atoms with Crippen molar-refractivity contribution in [2.24, 2.45) is 0 Å². The number of hydrogen-bond acceptors (Lipinski definition) is 3. The monoisotopic (exact) mass is 166 g/mol. The van der Waals surface area contributed by atoms with Crippen molar-refractivity contribution in [1.82, 2.24) is 9.78 Å². The van der Waals surface area contributed by atoms with Crippen LogP contribution in [0.15, 0.2) is 18.5 Å². The quantitative estimate of drug-likeness (QED) is 0.615. The molecule has 0 bridgehead atoms. The second kappa shape index (κ2) is 3.80. The number of aldehydes is 1. The lowest BCUT2D eigenvalue weighted by Crippen LogP contribution is -2.14. The highest BCUT2D eigenvalue weighted by Gasteiger charge is 2.11. The zero-order valence-corrected chi connectivity index (χ0v) is 6.80. The van der Waals surface area contributed by atoms with Crippen LogP contribution in [0.25, 0.3) is 0 Å². The summed E-state index contributed by atoms with van der Waals surface area (Å²) >= 11 is 0. The molecule has 0 saturated heterocycles. The van der Waals surface area contributed by atoms with Crippen molar-refractivity contribution in [1.29, 1.82) is 0 Å². The fourth-order valence-corrected chi connectivity index (χ4v) is 0.975. The molecule has 4 nitrogen and oxygen atoms in total. The van der Waals surface area contributed by atoms with Gasteiger partial charge in [0.05, 0.1) is 0 Å². The van der Waals surface area contributed by atoms with Gasteiger partial charge in [-0.1, -0.05) is 0 Å². The lowest BCUT2D eigenvalue weighted by molar-refractivity contribution is -0.120. The van der Waals surface area contributed by atoms with Crippen LogP contribution in [0.4, 0.5) is 0 Å². The van der Waals surface area contributed by atoms with Gasteiger partial charge in [-0.05, 0) is 13.0 Å². The highest BCUT2D eigenvalue weighted by molar-refractivity contribution is 5.79. The molecule has 0 radical (unpaired) electrons. The van der Waals surface area contributed by atoms with Crippen LogP contribution in [0.1, 0.15) is 19.4 Å². The molecule has 0 N–H and O–H groups in total. The molecule has 0 aliphatic rings. The van der Waals surface area contributed by atoms with Crippen LogP contribution >= 0.6 is 0 Å². The van der Waals surface area contributed by atoms with E-state index in [9.17, 15) is 9.59 Å². The molecule has 1 aromatic rings. The summed E-state index contributed by atoms with van der Waals surface area (Å²) in [6, 6.07) is 1.27. The van der Waals surface area contributed by atoms with Gasteiger partial charge in [0.15, 0.2) is 0 Å². The van der Waals surface area contributed by atoms with Crippen LogP contribution in [-0.4, -0.2) is 21.8 Å². The number of rotatable bonds is 4. The molecule has 0 fully saturated rings. The van der Waals surface area contributed by atoms with Crippen molar-refractivity contribution >= 4 is 12.1 Å². The first-order valence-corrected chi connectivity index (χ1v) is 3.68. The van der Waals surface area contributed by atoms with Crippen molar-refractivity contribution in [3.63, 3.8) is 0 Å². The summed E-state index contributed by atoms with van der Waals surface area (Å²) in [4.78, 5) is 21.2. The number of hydrogen-bond donors (Lipinski definition) is 0. The number of carbonyl (C=O) groups excluding carboxylic acids is 2. The topological polar surface area (TPSA) is 52.0 Å². The Morgan fingerprint density at radius 3 is 2.92 bits per heavy atom. The summed E-state index contributed by atoms with van der Waals surface area (Å²) in [5.74, 6) is -0.0115. The third kappa shape index (κ3) is 2.02. The average molecular weight is 166 g/mol. The van der Waals surface area contributed by atoms with Gasteiger partial charge in [-0.25, -0.2) is 0 Å². The molecule has 1 heterocycles. The van der Waals surface area contributed by atoms with Crippen molar-refractivity contribution in [2.45, 2.75) is 19.4 Å². The molecule has 0 saturated carbocycles. The average Bonchev–Trinajstić information content (AvgIpc) is 2.51. The minimum absolute atomic E-state index is 0.0115. The van der Waals surface area contributed by atoms with Crippen molar-refractivity contribution in [2.75, 3.05) is 0 Å². The molecule has 1 aromatic heterocycles. The summed E-state index contributed by atoms with van der Waals surface area (Å²) in [7, 11) is 0. The predicted molar refractivity (Wildman–Crippen MR) is 42.6 cm³/mol. The fraction of sp³-hybridized carbons (Fsp3) is 0.375. The Hall–Kier alpha value is -1.45. The molecule has 4 heteroatoms. The predicted octanol–water partition coefficient (Wildman–Crippen LogP) is 0.602. The van der Waals surface area contributed by atoms with Crippen molar-refractivity contribution < 1.29 is 9.59 Å². The van der Waals surface area contributed by atoms with Gasteiger partial charge in [0.2, 0.25) is 0 Å². The molecule has 12 heavy (non-hydrogen) atoms. The van der Waals surface area contributed by atoms with E-state index in [1.165, 1.54) is 11.6 Å². The van der Waals surface area contributed by atoms with E-state index in [1.807, 2.05) is 0 Å². The Morgan fingerprint density at radius 1 is 1.75 bits per heavy atom. The van der Waals surface area contributed by atoms with Gasteiger partial charge in [-0.2, -0.15) is 5.10 Å². The van der Waals surface area contributed by atoms with Gasteiger partial charge in [0, 0.05) is 18.8 Å². The Kier molecular flexibility index (Phi) is 2.74. The first-order valence-electron chi connectivity index (χ1n) is 3.68. The molecule has 0 aliphatic carbocycles. The number of Topliss-reactive ketones (excluding diaryl/α,β-unsaturated/α-hetero) is 1. The van der Waals surface area contributed by atoms with Crippen LogP contribution in [-0.2, 0) is 9.59 Å². The lowest BCUT2D eigenvalue weighted by atomic mass is 10.2. The molecule has 0 aromatic carbocycles. The summed E-state index contributed by atoms with van der Waals surface area (Å²) in [5.41, 5.74) is 0. The number of aromatic nitrogens is 2. The molecular weight excluding hydrogens is 156 g/mol. The van der Waals surface area contributed by atoms with Crippen LogP contribution in [0.3, 0.4) is 0 Å². The van der Waals surface area contributed by atoms with Crippen molar-refractivity contribution in [3.8, 4) is 0 Å². The van der Waals surface area contributed by atoms with Crippen LogP contribution < -0.4 is 0 Å². The minimum Gasteiger partial charge on any atom is -0.301 e. The number of nitrogens with zero attached hydrogens (tertiary/aromatic N) is 2. The fourth-order valence-electron chi connectivity index (χ4n) is 0.975. The Bertz CT molecular complexity index is 267. The van der Waals surface area contributed by atoms with E-state index in [2.05, 4.69) is 5.10 Å². The van der Waals surface area contributed by atoms with E-state index < -0.39 is 6.04 Å². The maximum absolute atomic E-state index is 10.7. The van der Waals surface area contributed by atoms with Gasteiger partial charge >= 0.3 is 0 Å². The molecule has 0 amide bonds. The highest BCUT2D eigenvalue weighted by Crippen LogP contribution is 2.06. The lowest BCUT2D eigenvalue weighted by Gasteiger charge is -2.07. The standard InChI is InChI=1S/C8H10N2O2/c1-7(12)5-8(6-11)10-4-2-3-9-10/h2-4,6,8H,5H2,1H3. The van der Waals surface area contributed by atoms with E-state index in [0.29, 0.717) is 0 Å².